The summed E-state index contributed by atoms with van der Waals surface area (Å²) in [5.41, 5.74) is 3.43. The molecule has 0 atom stereocenters. The zero-order chi connectivity index (χ0) is 21.2. The van der Waals surface area contributed by atoms with E-state index in [2.05, 4.69) is 16.4 Å². The van der Waals surface area contributed by atoms with Gasteiger partial charge < -0.3 is 18.9 Å². The Morgan fingerprint density at radius 3 is 2.59 bits per heavy atom. The van der Waals surface area contributed by atoms with E-state index in [4.69, 9.17) is 37.0 Å². The molecule has 0 saturated carbocycles. The second-order valence-electron chi connectivity index (χ2n) is 5.52. The summed E-state index contributed by atoms with van der Waals surface area (Å²) in [6, 6.07) is 8.12. The Bertz CT molecular complexity index is 937. The number of amides is 1. The molecule has 7 nitrogen and oxygen atoms in total. The average Bonchev–Trinajstić information content (AvgIpc) is 2.72. The van der Waals surface area contributed by atoms with E-state index in [1.165, 1.54) is 20.4 Å². The number of benzene rings is 2. The average molecular weight is 417 g/mol. The highest BCUT2D eigenvalue weighted by atomic mass is 35.5. The number of rotatable bonds is 9. The first-order valence-electron chi connectivity index (χ1n) is 8.62. The summed E-state index contributed by atoms with van der Waals surface area (Å²) in [7, 11) is 3.01. The van der Waals surface area contributed by atoms with E-state index < -0.39 is 5.91 Å². The van der Waals surface area contributed by atoms with E-state index in [-0.39, 0.29) is 6.61 Å². The summed E-state index contributed by atoms with van der Waals surface area (Å²) >= 11 is 6.26. The molecule has 0 bridgehead atoms. The van der Waals surface area contributed by atoms with Crippen LogP contribution in [0.4, 0.5) is 0 Å². The second-order valence-corrected chi connectivity index (χ2v) is 5.93. The Morgan fingerprint density at radius 2 is 1.93 bits per heavy atom. The molecule has 0 heterocycles. The van der Waals surface area contributed by atoms with Crippen molar-refractivity contribution in [3.8, 4) is 35.3 Å². The number of methoxy groups -OCH3 is 2. The van der Waals surface area contributed by atoms with Crippen molar-refractivity contribution in [2.24, 2.45) is 5.10 Å². The van der Waals surface area contributed by atoms with Gasteiger partial charge in [0, 0.05) is 5.56 Å². The molecule has 0 radical (unpaired) electrons. The maximum atomic E-state index is 12.3. The Kier molecular flexibility index (Phi) is 8.19. The number of carbonyl (C=O) groups is 1. The lowest BCUT2D eigenvalue weighted by Gasteiger charge is -2.12. The molecule has 0 aliphatic heterocycles. The highest BCUT2D eigenvalue weighted by Crippen LogP contribution is 2.36. The molecule has 0 aromatic heterocycles. The monoisotopic (exact) mass is 416 g/mol. The first-order valence-corrected chi connectivity index (χ1v) is 8.99. The zero-order valence-corrected chi connectivity index (χ0v) is 17.1. The Labute approximate surface area is 174 Å². The molecule has 0 unspecified atom stereocenters. The van der Waals surface area contributed by atoms with Crippen molar-refractivity contribution in [2.75, 3.05) is 27.4 Å². The van der Waals surface area contributed by atoms with Crippen molar-refractivity contribution >= 4 is 23.7 Å². The molecule has 0 aliphatic rings. The minimum atomic E-state index is -0.410. The molecule has 0 fully saturated rings. The molecule has 0 spiro atoms. The largest absolute Gasteiger partial charge is 0.493 e. The van der Waals surface area contributed by atoms with Crippen LogP contribution >= 0.6 is 11.6 Å². The van der Waals surface area contributed by atoms with Crippen LogP contribution in [0.25, 0.3) is 0 Å². The van der Waals surface area contributed by atoms with Gasteiger partial charge in [0.15, 0.2) is 23.0 Å². The fourth-order valence-electron chi connectivity index (χ4n) is 2.39. The van der Waals surface area contributed by atoms with Gasteiger partial charge in [-0.15, -0.1) is 6.42 Å². The number of terminal acetylenes is 1. The van der Waals surface area contributed by atoms with E-state index in [0.29, 0.717) is 45.8 Å². The van der Waals surface area contributed by atoms with Gasteiger partial charge in [-0.2, -0.15) is 5.10 Å². The third-order valence-corrected chi connectivity index (χ3v) is 3.94. The van der Waals surface area contributed by atoms with Crippen molar-refractivity contribution in [2.45, 2.75) is 6.92 Å². The number of nitrogens with one attached hydrogen (secondary N) is 1. The van der Waals surface area contributed by atoms with Crippen LogP contribution < -0.4 is 24.4 Å². The Hall–Kier alpha value is -3.37. The summed E-state index contributed by atoms with van der Waals surface area (Å²) < 4.78 is 21.3. The molecule has 0 aliphatic carbocycles. The van der Waals surface area contributed by atoms with Crippen molar-refractivity contribution < 1.29 is 23.7 Å². The number of hydrogen-bond acceptors (Lipinski definition) is 6. The van der Waals surface area contributed by atoms with Crippen LogP contribution in [0, 0.1) is 12.3 Å². The number of hydrazone groups is 1. The van der Waals surface area contributed by atoms with Crippen LogP contribution in [0.3, 0.4) is 0 Å². The predicted octanol–water partition coefficient (Wildman–Crippen LogP) is 3.53. The van der Waals surface area contributed by atoms with Crippen molar-refractivity contribution in [1.82, 2.24) is 5.43 Å². The normalized spacial score (nSPS) is 10.3. The van der Waals surface area contributed by atoms with Crippen LogP contribution in [0.2, 0.25) is 5.02 Å². The van der Waals surface area contributed by atoms with Gasteiger partial charge in [0.1, 0.15) is 6.61 Å². The minimum Gasteiger partial charge on any atom is -0.493 e. The Balaban J connectivity index is 2.15. The molecular formula is C21H21ClN2O5. The minimum absolute atomic E-state index is 0.0641. The maximum absolute atomic E-state index is 12.3. The van der Waals surface area contributed by atoms with Crippen LogP contribution in [0.15, 0.2) is 35.4 Å². The van der Waals surface area contributed by atoms with Gasteiger partial charge in [-0.3, -0.25) is 4.79 Å². The fourth-order valence-corrected chi connectivity index (χ4v) is 2.66. The molecule has 1 N–H and O–H groups in total. The van der Waals surface area contributed by atoms with Gasteiger partial charge in [0.2, 0.25) is 0 Å². The van der Waals surface area contributed by atoms with Gasteiger partial charge in [-0.1, -0.05) is 17.5 Å². The van der Waals surface area contributed by atoms with Gasteiger partial charge >= 0.3 is 0 Å². The molecule has 2 aromatic rings. The van der Waals surface area contributed by atoms with E-state index >= 15 is 0 Å². The van der Waals surface area contributed by atoms with Gasteiger partial charge in [-0.05, 0) is 42.8 Å². The lowest BCUT2D eigenvalue weighted by Crippen LogP contribution is -2.17. The fraction of sp³-hybridized carbons (Fsp3) is 0.238. The smallest absolute Gasteiger partial charge is 0.271 e. The number of halogens is 1. The summed E-state index contributed by atoms with van der Waals surface area (Å²) in [6.07, 6.45) is 6.66. The topological polar surface area (TPSA) is 78.4 Å². The Morgan fingerprint density at radius 1 is 1.17 bits per heavy atom. The maximum Gasteiger partial charge on any atom is 0.271 e. The van der Waals surface area contributed by atoms with Crippen LogP contribution in [-0.4, -0.2) is 39.6 Å². The standard InChI is InChI=1S/C21H21ClN2O5/c1-5-9-29-20-16(22)10-14(11-19(20)28-6-2)13-23-24-21(25)15-7-8-17(26-3)18(12-15)27-4/h1,7-8,10-13H,6,9H2,2-4H3,(H,24,25)/b23-13+. The van der Waals surface area contributed by atoms with E-state index in [1.54, 1.807) is 30.3 Å². The quantitative estimate of drug-likeness (QED) is 0.384. The zero-order valence-electron chi connectivity index (χ0n) is 16.3. The molecule has 0 saturated heterocycles. The van der Waals surface area contributed by atoms with Crippen LogP contribution in [-0.2, 0) is 0 Å². The predicted molar refractivity (Wildman–Crippen MR) is 112 cm³/mol. The summed E-state index contributed by atoms with van der Waals surface area (Å²) in [4.78, 5) is 12.3. The van der Waals surface area contributed by atoms with Crippen molar-refractivity contribution in [3.05, 3.63) is 46.5 Å². The number of hydrogen-bond donors (Lipinski definition) is 1. The first-order chi connectivity index (χ1) is 14.0. The van der Waals surface area contributed by atoms with E-state index in [1.807, 2.05) is 6.92 Å². The number of ether oxygens (including phenoxy) is 4. The summed E-state index contributed by atoms with van der Waals surface area (Å²) in [6.45, 7) is 2.32. The molecule has 8 heteroatoms. The summed E-state index contributed by atoms with van der Waals surface area (Å²) in [5.74, 6) is 3.73. The molecule has 152 valence electrons. The van der Waals surface area contributed by atoms with Crippen molar-refractivity contribution in [3.63, 3.8) is 0 Å². The van der Waals surface area contributed by atoms with Crippen LogP contribution in [0.1, 0.15) is 22.8 Å². The SMILES string of the molecule is C#CCOc1c(Cl)cc(/C=N/NC(=O)c2ccc(OC)c(OC)c2)cc1OCC. The molecular weight excluding hydrogens is 396 g/mol. The molecule has 2 rings (SSSR count). The lowest BCUT2D eigenvalue weighted by atomic mass is 10.2. The second kappa shape index (κ2) is 10.8. The van der Waals surface area contributed by atoms with Gasteiger partial charge in [0.05, 0.1) is 32.1 Å². The van der Waals surface area contributed by atoms with Gasteiger partial charge in [-0.25, -0.2) is 5.43 Å². The highest BCUT2D eigenvalue weighted by Gasteiger charge is 2.13. The molecule has 1 amide bonds. The van der Waals surface area contributed by atoms with Gasteiger partial charge in [0.25, 0.3) is 5.91 Å². The van der Waals surface area contributed by atoms with Crippen LogP contribution in [0.5, 0.6) is 23.0 Å². The highest BCUT2D eigenvalue weighted by molar-refractivity contribution is 6.32. The summed E-state index contributed by atoms with van der Waals surface area (Å²) in [5, 5.41) is 4.28. The third-order valence-electron chi connectivity index (χ3n) is 3.66. The number of carbonyl (C=O) groups excluding carboxylic acids is 1. The number of nitrogens with zero attached hydrogens (tertiary/aromatic N) is 1. The first kappa shape index (κ1) is 21.9. The molecule has 2 aromatic carbocycles. The lowest BCUT2D eigenvalue weighted by molar-refractivity contribution is 0.0954. The van der Waals surface area contributed by atoms with Crippen molar-refractivity contribution in [1.29, 1.82) is 0 Å². The third kappa shape index (κ3) is 5.80. The molecule has 29 heavy (non-hydrogen) atoms. The van der Waals surface area contributed by atoms with E-state index in [9.17, 15) is 4.79 Å². The van der Waals surface area contributed by atoms with E-state index in [0.717, 1.165) is 0 Å².